The lowest BCUT2D eigenvalue weighted by molar-refractivity contribution is 0.0976. The molecule has 1 aliphatic heterocycles. The van der Waals surface area contributed by atoms with E-state index in [2.05, 4.69) is 42.3 Å². The Kier molecular flexibility index (Phi) is 4.57. The first-order chi connectivity index (χ1) is 9.19. The van der Waals surface area contributed by atoms with Crippen molar-refractivity contribution in [3.8, 4) is 6.07 Å². The molecule has 1 N–H and O–H groups in total. The van der Waals surface area contributed by atoms with E-state index in [0.717, 1.165) is 38.2 Å². The van der Waals surface area contributed by atoms with Crippen molar-refractivity contribution in [1.82, 2.24) is 10.2 Å². The highest BCUT2D eigenvalue weighted by atomic mass is 15.2. The van der Waals surface area contributed by atoms with Crippen LogP contribution in [0.1, 0.15) is 25.8 Å². The molecule has 2 rings (SSSR count). The SMILES string of the molecule is CC(C)CC(C#N)(c1ccccc1)N1CCNCC1. The summed E-state index contributed by atoms with van der Waals surface area (Å²) in [7, 11) is 0. The summed E-state index contributed by atoms with van der Waals surface area (Å²) in [6.07, 6.45) is 0.882. The van der Waals surface area contributed by atoms with Gasteiger partial charge in [-0.3, -0.25) is 4.90 Å². The van der Waals surface area contributed by atoms with Crippen molar-refractivity contribution in [3.63, 3.8) is 0 Å². The van der Waals surface area contributed by atoms with Gasteiger partial charge in [-0.25, -0.2) is 0 Å². The lowest BCUT2D eigenvalue weighted by Crippen LogP contribution is -2.54. The highest BCUT2D eigenvalue weighted by Crippen LogP contribution is 2.34. The average molecular weight is 257 g/mol. The van der Waals surface area contributed by atoms with Crippen LogP contribution in [0.25, 0.3) is 0 Å². The molecule has 1 heterocycles. The van der Waals surface area contributed by atoms with Gasteiger partial charge >= 0.3 is 0 Å². The summed E-state index contributed by atoms with van der Waals surface area (Å²) in [5.74, 6) is 0.495. The minimum atomic E-state index is -0.475. The molecule has 1 aliphatic rings. The van der Waals surface area contributed by atoms with Crippen molar-refractivity contribution < 1.29 is 0 Å². The number of benzene rings is 1. The fourth-order valence-electron chi connectivity index (χ4n) is 2.96. The zero-order valence-electron chi connectivity index (χ0n) is 11.9. The van der Waals surface area contributed by atoms with Crippen molar-refractivity contribution in [2.45, 2.75) is 25.8 Å². The van der Waals surface area contributed by atoms with Crippen LogP contribution in [0.15, 0.2) is 30.3 Å². The molecule has 1 fully saturated rings. The van der Waals surface area contributed by atoms with Gasteiger partial charge in [-0.2, -0.15) is 5.26 Å². The molecule has 3 nitrogen and oxygen atoms in total. The zero-order chi connectivity index (χ0) is 13.7. The molecule has 0 amide bonds. The fraction of sp³-hybridized carbons (Fsp3) is 0.562. The highest BCUT2D eigenvalue weighted by Gasteiger charge is 2.39. The Balaban J connectivity index is 2.39. The predicted octanol–water partition coefficient (Wildman–Crippen LogP) is 2.36. The van der Waals surface area contributed by atoms with Gasteiger partial charge in [0, 0.05) is 26.2 Å². The van der Waals surface area contributed by atoms with Crippen LogP contribution in [0.4, 0.5) is 0 Å². The van der Waals surface area contributed by atoms with E-state index in [-0.39, 0.29) is 0 Å². The third-order valence-electron chi connectivity index (χ3n) is 3.80. The summed E-state index contributed by atoms with van der Waals surface area (Å²) in [5.41, 5.74) is 0.658. The van der Waals surface area contributed by atoms with Crippen molar-refractivity contribution in [2.75, 3.05) is 26.2 Å². The molecule has 0 saturated carbocycles. The van der Waals surface area contributed by atoms with Gasteiger partial charge in [-0.1, -0.05) is 44.2 Å². The molecule has 0 radical (unpaired) electrons. The van der Waals surface area contributed by atoms with Crippen LogP contribution in [-0.2, 0) is 5.54 Å². The van der Waals surface area contributed by atoms with E-state index in [0.29, 0.717) is 5.92 Å². The first-order valence-electron chi connectivity index (χ1n) is 7.11. The topological polar surface area (TPSA) is 39.1 Å². The third kappa shape index (κ3) is 2.97. The minimum Gasteiger partial charge on any atom is -0.314 e. The van der Waals surface area contributed by atoms with Gasteiger partial charge in [-0.05, 0) is 17.9 Å². The van der Waals surface area contributed by atoms with Crippen molar-refractivity contribution >= 4 is 0 Å². The molecular formula is C16H23N3. The molecular weight excluding hydrogens is 234 g/mol. The molecule has 1 aromatic carbocycles. The van der Waals surface area contributed by atoms with Gasteiger partial charge in [0.05, 0.1) is 6.07 Å². The second kappa shape index (κ2) is 6.18. The van der Waals surface area contributed by atoms with E-state index >= 15 is 0 Å². The molecule has 1 atom stereocenters. The summed E-state index contributed by atoms with van der Waals surface area (Å²) in [5, 5.41) is 13.3. The Hall–Kier alpha value is -1.37. The summed E-state index contributed by atoms with van der Waals surface area (Å²) < 4.78 is 0. The van der Waals surface area contributed by atoms with E-state index < -0.39 is 5.54 Å². The van der Waals surface area contributed by atoms with E-state index in [4.69, 9.17) is 0 Å². The summed E-state index contributed by atoms with van der Waals surface area (Å²) in [4.78, 5) is 2.35. The van der Waals surface area contributed by atoms with Crippen LogP contribution in [0, 0.1) is 17.2 Å². The van der Waals surface area contributed by atoms with Crippen LogP contribution in [0.3, 0.4) is 0 Å². The van der Waals surface area contributed by atoms with E-state index in [1.54, 1.807) is 0 Å². The van der Waals surface area contributed by atoms with Crippen LogP contribution >= 0.6 is 0 Å². The standard InChI is InChI=1S/C16H23N3/c1-14(2)12-16(13-17,15-6-4-3-5-7-15)19-10-8-18-9-11-19/h3-7,14,18H,8-12H2,1-2H3. The van der Waals surface area contributed by atoms with Crippen molar-refractivity contribution in [2.24, 2.45) is 5.92 Å². The second-order valence-electron chi connectivity index (χ2n) is 5.67. The van der Waals surface area contributed by atoms with Crippen LogP contribution in [-0.4, -0.2) is 31.1 Å². The summed E-state index contributed by atoms with van der Waals surface area (Å²) in [6, 6.07) is 12.9. The van der Waals surface area contributed by atoms with Crippen molar-refractivity contribution in [1.29, 1.82) is 5.26 Å². The normalized spacial score (nSPS) is 19.9. The molecule has 19 heavy (non-hydrogen) atoms. The van der Waals surface area contributed by atoms with Gasteiger partial charge in [0.2, 0.25) is 0 Å². The molecule has 0 bridgehead atoms. The number of rotatable bonds is 4. The van der Waals surface area contributed by atoms with Gasteiger partial charge in [0.15, 0.2) is 0 Å². The van der Waals surface area contributed by atoms with E-state index in [1.807, 2.05) is 18.2 Å². The number of nitrogens with one attached hydrogen (secondary N) is 1. The summed E-state index contributed by atoms with van der Waals surface area (Å²) >= 11 is 0. The molecule has 3 heteroatoms. The average Bonchev–Trinajstić information content (AvgIpc) is 2.46. The largest absolute Gasteiger partial charge is 0.314 e. The van der Waals surface area contributed by atoms with Crippen molar-refractivity contribution in [3.05, 3.63) is 35.9 Å². The van der Waals surface area contributed by atoms with Gasteiger partial charge in [0.25, 0.3) is 0 Å². The lowest BCUT2D eigenvalue weighted by atomic mass is 9.81. The molecule has 0 spiro atoms. The van der Waals surface area contributed by atoms with Gasteiger partial charge in [0.1, 0.15) is 5.54 Å². The maximum absolute atomic E-state index is 9.92. The van der Waals surface area contributed by atoms with Crippen LogP contribution < -0.4 is 5.32 Å². The molecule has 1 saturated heterocycles. The second-order valence-corrected chi connectivity index (χ2v) is 5.67. The van der Waals surface area contributed by atoms with E-state index in [9.17, 15) is 5.26 Å². The quantitative estimate of drug-likeness (QED) is 0.900. The third-order valence-corrected chi connectivity index (χ3v) is 3.80. The highest BCUT2D eigenvalue weighted by molar-refractivity contribution is 5.32. The maximum atomic E-state index is 9.92. The molecule has 102 valence electrons. The van der Waals surface area contributed by atoms with Crippen LogP contribution in [0.5, 0.6) is 0 Å². The minimum absolute atomic E-state index is 0.475. The number of piperazine rings is 1. The first-order valence-corrected chi connectivity index (χ1v) is 7.11. The van der Waals surface area contributed by atoms with Crippen LogP contribution in [0.2, 0.25) is 0 Å². The molecule has 1 aromatic rings. The Labute approximate surface area is 116 Å². The van der Waals surface area contributed by atoms with E-state index in [1.165, 1.54) is 0 Å². The lowest BCUT2D eigenvalue weighted by Gasteiger charge is -2.42. The molecule has 0 aliphatic carbocycles. The number of hydrogen-bond donors (Lipinski definition) is 1. The van der Waals surface area contributed by atoms with Gasteiger partial charge < -0.3 is 5.32 Å². The Bertz CT molecular complexity index is 429. The Morgan fingerprint density at radius 3 is 2.42 bits per heavy atom. The smallest absolute Gasteiger partial charge is 0.135 e. The molecule has 1 unspecified atom stereocenters. The summed E-state index contributed by atoms with van der Waals surface area (Å²) in [6.45, 7) is 8.20. The number of nitrogens with zero attached hydrogens (tertiary/aromatic N) is 2. The monoisotopic (exact) mass is 257 g/mol. The predicted molar refractivity (Wildman–Crippen MR) is 77.6 cm³/mol. The first kappa shape index (κ1) is 14.0. The molecule has 0 aromatic heterocycles. The zero-order valence-corrected chi connectivity index (χ0v) is 11.9. The number of nitriles is 1. The number of hydrogen-bond acceptors (Lipinski definition) is 3. The fourth-order valence-corrected chi connectivity index (χ4v) is 2.96. The Morgan fingerprint density at radius 1 is 1.26 bits per heavy atom. The Morgan fingerprint density at radius 2 is 1.89 bits per heavy atom. The van der Waals surface area contributed by atoms with Gasteiger partial charge in [-0.15, -0.1) is 0 Å². The maximum Gasteiger partial charge on any atom is 0.135 e.